The SMILES string of the molecule is COc1cnc(Cl)cc1-c1cc(C)ncc1C(=O)Nc1nc2cnc(N3CCC4(COC4)C3)nc2s1. The lowest BCUT2D eigenvalue weighted by molar-refractivity contribution is -0.0985. The van der Waals surface area contributed by atoms with Crippen molar-refractivity contribution in [3.63, 3.8) is 0 Å². The highest BCUT2D eigenvalue weighted by Crippen LogP contribution is 2.39. The first-order chi connectivity index (χ1) is 17.4. The summed E-state index contributed by atoms with van der Waals surface area (Å²) in [5, 5.41) is 3.61. The summed E-state index contributed by atoms with van der Waals surface area (Å²) >= 11 is 7.45. The molecule has 6 heterocycles. The molecule has 0 aliphatic carbocycles. The van der Waals surface area contributed by atoms with Gasteiger partial charge in [-0.1, -0.05) is 22.9 Å². The summed E-state index contributed by atoms with van der Waals surface area (Å²) in [6.07, 6.45) is 5.85. The number of amides is 1. The van der Waals surface area contributed by atoms with E-state index in [1.54, 1.807) is 19.4 Å². The highest BCUT2D eigenvalue weighted by Gasteiger charge is 2.45. The van der Waals surface area contributed by atoms with E-state index in [0.717, 1.165) is 38.4 Å². The van der Waals surface area contributed by atoms with Gasteiger partial charge in [-0.15, -0.1) is 0 Å². The number of thiazole rings is 1. The Balaban J connectivity index is 1.28. The standard InChI is InChI=1S/C24H22ClN7O3S/c1-13-5-14(15-6-19(25)27-9-18(15)34-2)16(7-26-13)20(33)30-23-29-17-8-28-22(31-21(17)36-23)32-4-3-24(10-32)11-35-12-24/h5-9H,3-4,10-12H2,1-2H3,(H,29,30,33). The molecule has 2 aliphatic heterocycles. The molecule has 184 valence electrons. The number of halogens is 1. The first-order valence-electron chi connectivity index (χ1n) is 11.4. The van der Waals surface area contributed by atoms with Gasteiger partial charge in [0.25, 0.3) is 5.91 Å². The van der Waals surface area contributed by atoms with Crippen LogP contribution in [0.15, 0.2) is 30.7 Å². The van der Waals surface area contributed by atoms with Crippen LogP contribution >= 0.6 is 22.9 Å². The summed E-state index contributed by atoms with van der Waals surface area (Å²) in [5.41, 5.74) is 3.26. The summed E-state index contributed by atoms with van der Waals surface area (Å²) in [6, 6.07) is 3.48. The lowest BCUT2D eigenvalue weighted by Crippen LogP contribution is -2.44. The molecule has 0 atom stereocenters. The number of pyridine rings is 2. The van der Waals surface area contributed by atoms with Crippen molar-refractivity contribution in [1.82, 2.24) is 24.9 Å². The molecular formula is C24H22ClN7O3S. The molecule has 0 bridgehead atoms. The average molecular weight is 524 g/mol. The predicted molar refractivity (Wildman–Crippen MR) is 137 cm³/mol. The van der Waals surface area contributed by atoms with Crippen LogP contribution in [-0.4, -0.2) is 64.2 Å². The lowest BCUT2D eigenvalue weighted by Gasteiger charge is -2.37. The molecule has 0 radical (unpaired) electrons. The van der Waals surface area contributed by atoms with Gasteiger partial charge in [0, 0.05) is 41.5 Å². The fourth-order valence-corrected chi connectivity index (χ4v) is 5.54. The van der Waals surface area contributed by atoms with Crippen LogP contribution in [0.2, 0.25) is 5.15 Å². The number of carbonyl (C=O) groups is 1. The molecule has 2 saturated heterocycles. The molecule has 10 nitrogen and oxygen atoms in total. The van der Waals surface area contributed by atoms with Gasteiger partial charge in [0.2, 0.25) is 5.95 Å². The van der Waals surface area contributed by atoms with Crippen molar-refractivity contribution in [2.24, 2.45) is 5.41 Å². The highest BCUT2D eigenvalue weighted by molar-refractivity contribution is 7.22. The van der Waals surface area contributed by atoms with Crippen LogP contribution in [0.4, 0.5) is 11.1 Å². The van der Waals surface area contributed by atoms with Crippen molar-refractivity contribution in [3.05, 3.63) is 47.1 Å². The second-order valence-corrected chi connectivity index (χ2v) is 10.4. The fraction of sp³-hybridized carbons (Fsp3) is 0.333. The van der Waals surface area contributed by atoms with E-state index in [2.05, 4.69) is 30.2 Å². The maximum atomic E-state index is 13.3. The van der Waals surface area contributed by atoms with Gasteiger partial charge in [-0.3, -0.25) is 15.1 Å². The minimum absolute atomic E-state index is 0.243. The van der Waals surface area contributed by atoms with Gasteiger partial charge in [-0.25, -0.2) is 15.0 Å². The quantitative estimate of drug-likeness (QED) is 0.387. The van der Waals surface area contributed by atoms with Gasteiger partial charge in [0.15, 0.2) is 9.96 Å². The van der Waals surface area contributed by atoms with Crippen LogP contribution in [0.1, 0.15) is 22.5 Å². The van der Waals surface area contributed by atoms with Crippen molar-refractivity contribution in [2.45, 2.75) is 13.3 Å². The van der Waals surface area contributed by atoms with Gasteiger partial charge in [-0.2, -0.15) is 4.98 Å². The third-order valence-electron chi connectivity index (χ3n) is 6.53. The van der Waals surface area contributed by atoms with Crippen LogP contribution in [0.25, 0.3) is 21.5 Å². The Labute approximate surface area is 215 Å². The number of ether oxygens (including phenoxy) is 2. The largest absolute Gasteiger partial charge is 0.494 e. The Morgan fingerprint density at radius 3 is 2.78 bits per heavy atom. The monoisotopic (exact) mass is 523 g/mol. The number of aromatic nitrogens is 5. The third kappa shape index (κ3) is 4.12. The molecule has 4 aromatic rings. The molecule has 36 heavy (non-hydrogen) atoms. The van der Waals surface area contributed by atoms with E-state index in [1.165, 1.54) is 23.7 Å². The summed E-state index contributed by atoms with van der Waals surface area (Å²) < 4.78 is 10.9. The van der Waals surface area contributed by atoms with Crippen molar-refractivity contribution in [1.29, 1.82) is 0 Å². The van der Waals surface area contributed by atoms with E-state index in [1.807, 2.05) is 13.0 Å². The predicted octanol–water partition coefficient (Wildman–Crippen LogP) is 3.99. The molecule has 0 unspecified atom stereocenters. The molecule has 1 amide bonds. The van der Waals surface area contributed by atoms with Crippen LogP contribution in [-0.2, 0) is 4.74 Å². The van der Waals surface area contributed by atoms with Crippen LogP contribution < -0.4 is 15.0 Å². The molecule has 1 spiro atoms. The molecule has 6 rings (SSSR count). The minimum Gasteiger partial charge on any atom is -0.494 e. The summed E-state index contributed by atoms with van der Waals surface area (Å²) in [6.45, 7) is 5.26. The Morgan fingerprint density at radius 1 is 1.17 bits per heavy atom. The number of hydrogen-bond donors (Lipinski definition) is 1. The van der Waals surface area contributed by atoms with E-state index >= 15 is 0 Å². The molecule has 1 N–H and O–H groups in total. The number of aryl methyl sites for hydroxylation is 1. The summed E-state index contributed by atoms with van der Waals surface area (Å²) in [7, 11) is 1.54. The first-order valence-corrected chi connectivity index (χ1v) is 12.6. The van der Waals surface area contributed by atoms with Gasteiger partial charge in [0.1, 0.15) is 16.4 Å². The Morgan fingerprint density at radius 2 is 2.03 bits per heavy atom. The zero-order valence-corrected chi connectivity index (χ0v) is 21.2. The van der Waals surface area contributed by atoms with Gasteiger partial charge >= 0.3 is 0 Å². The third-order valence-corrected chi connectivity index (χ3v) is 7.61. The Hall–Kier alpha value is -3.41. The maximum Gasteiger partial charge on any atom is 0.259 e. The summed E-state index contributed by atoms with van der Waals surface area (Å²) in [4.78, 5) is 38.4. The molecule has 2 aliphatic rings. The van der Waals surface area contributed by atoms with Crippen molar-refractivity contribution in [2.75, 3.05) is 43.6 Å². The van der Waals surface area contributed by atoms with E-state index in [0.29, 0.717) is 49.0 Å². The number of rotatable bonds is 5. The second kappa shape index (κ2) is 8.91. The van der Waals surface area contributed by atoms with Crippen LogP contribution in [0, 0.1) is 12.3 Å². The number of methoxy groups -OCH3 is 1. The van der Waals surface area contributed by atoms with Gasteiger partial charge < -0.3 is 14.4 Å². The van der Waals surface area contributed by atoms with E-state index in [9.17, 15) is 4.79 Å². The van der Waals surface area contributed by atoms with Crippen molar-refractivity contribution in [3.8, 4) is 16.9 Å². The number of nitrogens with zero attached hydrogens (tertiary/aromatic N) is 6. The number of hydrogen-bond acceptors (Lipinski definition) is 10. The van der Waals surface area contributed by atoms with Gasteiger partial charge in [0.05, 0.1) is 38.3 Å². The summed E-state index contributed by atoms with van der Waals surface area (Å²) in [5.74, 6) is 0.824. The number of nitrogens with one attached hydrogen (secondary N) is 1. The van der Waals surface area contributed by atoms with Crippen molar-refractivity contribution >= 4 is 50.3 Å². The minimum atomic E-state index is -0.355. The Kier molecular flexibility index (Phi) is 5.70. The van der Waals surface area contributed by atoms with Gasteiger partial charge in [-0.05, 0) is 25.5 Å². The fourth-order valence-electron chi connectivity index (χ4n) is 4.58. The molecular weight excluding hydrogens is 502 g/mol. The number of anilines is 2. The normalized spacial score (nSPS) is 16.4. The maximum absolute atomic E-state index is 13.3. The van der Waals surface area contributed by atoms with E-state index in [-0.39, 0.29) is 11.3 Å². The van der Waals surface area contributed by atoms with Crippen molar-refractivity contribution < 1.29 is 14.3 Å². The van der Waals surface area contributed by atoms with E-state index < -0.39 is 0 Å². The number of fused-ring (bicyclic) bond motifs is 1. The number of carbonyl (C=O) groups excluding carboxylic acids is 1. The topological polar surface area (TPSA) is 115 Å². The smallest absolute Gasteiger partial charge is 0.259 e. The molecule has 0 saturated carbocycles. The Bertz CT molecular complexity index is 1490. The van der Waals surface area contributed by atoms with Crippen LogP contribution in [0.5, 0.6) is 5.75 Å². The average Bonchev–Trinajstić information content (AvgIpc) is 3.48. The molecule has 12 heteroatoms. The first kappa shape index (κ1) is 23.0. The zero-order chi connectivity index (χ0) is 24.9. The lowest BCUT2D eigenvalue weighted by atomic mass is 9.85. The van der Waals surface area contributed by atoms with E-state index in [4.69, 9.17) is 26.1 Å². The molecule has 2 fully saturated rings. The molecule has 4 aromatic heterocycles. The second-order valence-electron chi connectivity index (χ2n) is 9.08. The van der Waals surface area contributed by atoms with Crippen LogP contribution in [0.3, 0.4) is 0 Å². The zero-order valence-electron chi connectivity index (χ0n) is 19.6. The highest BCUT2D eigenvalue weighted by atomic mass is 35.5. The molecule has 0 aromatic carbocycles.